The Bertz CT molecular complexity index is 399. The second-order valence-electron chi connectivity index (χ2n) is 2.61. The van der Waals surface area contributed by atoms with Crippen LogP contribution in [0.25, 0.3) is 0 Å². The van der Waals surface area contributed by atoms with Crippen LogP contribution in [0.5, 0.6) is 0 Å². The van der Waals surface area contributed by atoms with Gasteiger partial charge < -0.3 is 14.6 Å². The van der Waals surface area contributed by atoms with Crippen molar-refractivity contribution in [1.29, 1.82) is 0 Å². The van der Waals surface area contributed by atoms with E-state index >= 15 is 0 Å². The number of ketones is 1. The van der Waals surface area contributed by atoms with Crippen molar-refractivity contribution >= 4 is 11.8 Å². The number of aliphatic carboxylic acids is 1. The first-order valence-corrected chi connectivity index (χ1v) is 3.75. The van der Waals surface area contributed by atoms with E-state index < -0.39 is 17.5 Å². The van der Waals surface area contributed by atoms with Gasteiger partial charge in [-0.1, -0.05) is 0 Å². The summed E-state index contributed by atoms with van der Waals surface area (Å²) >= 11 is 0. The standard InChI is InChI=1S/C9H8O5/c1-5-2-3-8(14-5)6(10)4-7(11)9(12)13/h2-4,11H,1H3,(H,12,13)/b7-4-. The van der Waals surface area contributed by atoms with Gasteiger partial charge in [-0.2, -0.15) is 0 Å². The molecule has 1 aromatic heterocycles. The summed E-state index contributed by atoms with van der Waals surface area (Å²) in [5.41, 5.74) is 0. The summed E-state index contributed by atoms with van der Waals surface area (Å²) < 4.78 is 4.93. The van der Waals surface area contributed by atoms with Gasteiger partial charge in [-0.05, 0) is 19.1 Å². The van der Waals surface area contributed by atoms with E-state index in [1.54, 1.807) is 13.0 Å². The highest BCUT2D eigenvalue weighted by atomic mass is 16.4. The van der Waals surface area contributed by atoms with Crippen molar-refractivity contribution in [1.82, 2.24) is 0 Å². The molecule has 1 heterocycles. The molecule has 5 nitrogen and oxygen atoms in total. The van der Waals surface area contributed by atoms with Crippen molar-refractivity contribution in [2.45, 2.75) is 6.92 Å². The lowest BCUT2D eigenvalue weighted by molar-refractivity contribution is -0.135. The molecule has 0 saturated carbocycles. The third kappa shape index (κ3) is 2.22. The van der Waals surface area contributed by atoms with Crippen LogP contribution < -0.4 is 0 Å². The van der Waals surface area contributed by atoms with Crippen LogP contribution in [0.4, 0.5) is 0 Å². The fourth-order valence-corrected chi connectivity index (χ4v) is 0.824. The van der Waals surface area contributed by atoms with Gasteiger partial charge in [0, 0.05) is 6.08 Å². The molecule has 0 fully saturated rings. The number of carboxylic acids is 1. The van der Waals surface area contributed by atoms with E-state index in [1.807, 2.05) is 0 Å². The average molecular weight is 196 g/mol. The van der Waals surface area contributed by atoms with Crippen LogP contribution in [-0.2, 0) is 4.79 Å². The molecule has 0 atom stereocenters. The number of carbonyl (C=O) groups excluding carboxylic acids is 1. The number of furan rings is 1. The molecular formula is C9H8O5. The molecule has 0 unspecified atom stereocenters. The Labute approximate surface area is 79.3 Å². The summed E-state index contributed by atoms with van der Waals surface area (Å²) in [6.07, 6.45) is 0.598. The van der Waals surface area contributed by atoms with E-state index in [0.717, 1.165) is 0 Å². The Kier molecular flexibility index (Phi) is 2.71. The number of aliphatic hydroxyl groups excluding tert-OH is 1. The van der Waals surface area contributed by atoms with E-state index in [0.29, 0.717) is 11.8 Å². The van der Waals surface area contributed by atoms with Crippen LogP contribution in [0.1, 0.15) is 16.3 Å². The highest BCUT2D eigenvalue weighted by molar-refractivity contribution is 6.06. The van der Waals surface area contributed by atoms with Gasteiger partial charge in [-0.25, -0.2) is 4.79 Å². The smallest absolute Gasteiger partial charge is 0.371 e. The van der Waals surface area contributed by atoms with Crippen molar-refractivity contribution in [3.63, 3.8) is 0 Å². The number of aliphatic hydroxyl groups is 1. The molecule has 0 spiro atoms. The number of rotatable bonds is 3. The lowest BCUT2D eigenvalue weighted by Crippen LogP contribution is -2.03. The predicted octanol–water partition coefficient (Wildman–Crippen LogP) is 1.30. The fourth-order valence-electron chi connectivity index (χ4n) is 0.824. The Balaban J connectivity index is 2.87. The van der Waals surface area contributed by atoms with Crippen LogP contribution >= 0.6 is 0 Å². The van der Waals surface area contributed by atoms with Gasteiger partial charge in [0.2, 0.25) is 11.5 Å². The van der Waals surface area contributed by atoms with Crippen molar-refractivity contribution in [3.8, 4) is 0 Å². The molecule has 0 aliphatic rings. The SMILES string of the molecule is Cc1ccc(C(=O)/C=C(\O)C(=O)O)o1. The Morgan fingerprint density at radius 3 is 2.43 bits per heavy atom. The van der Waals surface area contributed by atoms with Gasteiger partial charge >= 0.3 is 5.97 Å². The maximum atomic E-state index is 11.2. The molecule has 0 radical (unpaired) electrons. The van der Waals surface area contributed by atoms with Gasteiger partial charge in [0.15, 0.2) is 5.76 Å². The van der Waals surface area contributed by atoms with Gasteiger partial charge in [-0.3, -0.25) is 4.79 Å². The van der Waals surface area contributed by atoms with Gasteiger partial charge in [-0.15, -0.1) is 0 Å². The first kappa shape index (κ1) is 10.0. The number of carbonyl (C=O) groups is 2. The normalized spacial score (nSPS) is 11.4. The summed E-state index contributed by atoms with van der Waals surface area (Å²) in [7, 11) is 0. The van der Waals surface area contributed by atoms with E-state index in [4.69, 9.17) is 14.6 Å². The largest absolute Gasteiger partial charge is 0.502 e. The third-order valence-corrected chi connectivity index (χ3v) is 1.47. The van der Waals surface area contributed by atoms with Gasteiger partial charge in [0.05, 0.1) is 0 Å². The van der Waals surface area contributed by atoms with Crippen LogP contribution in [0.15, 0.2) is 28.4 Å². The zero-order chi connectivity index (χ0) is 10.7. The zero-order valence-electron chi connectivity index (χ0n) is 7.35. The first-order chi connectivity index (χ1) is 6.50. The zero-order valence-corrected chi connectivity index (χ0v) is 7.35. The summed E-state index contributed by atoms with van der Waals surface area (Å²) in [5, 5.41) is 17.0. The highest BCUT2D eigenvalue weighted by Gasteiger charge is 2.11. The van der Waals surface area contributed by atoms with Gasteiger partial charge in [0.25, 0.3) is 0 Å². The second-order valence-corrected chi connectivity index (χ2v) is 2.61. The average Bonchev–Trinajstić information content (AvgIpc) is 2.51. The van der Waals surface area contributed by atoms with E-state index in [9.17, 15) is 9.59 Å². The molecule has 2 N–H and O–H groups in total. The molecule has 74 valence electrons. The quantitative estimate of drug-likeness (QED) is 0.432. The monoisotopic (exact) mass is 196 g/mol. The topological polar surface area (TPSA) is 87.7 Å². The molecule has 0 aromatic carbocycles. The predicted molar refractivity (Wildman–Crippen MR) is 46.1 cm³/mol. The number of carboxylic acid groups (broad SMARTS) is 1. The number of hydrogen-bond donors (Lipinski definition) is 2. The lowest BCUT2D eigenvalue weighted by Gasteiger charge is -1.91. The maximum Gasteiger partial charge on any atom is 0.371 e. The van der Waals surface area contributed by atoms with E-state index in [1.165, 1.54) is 6.07 Å². The van der Waals surface area contributed by atoms with E-state index in [-0.39, 0.29) is 5.76 Å². The van der Waals surface area contributed by atoms with Crippen LogP contribution in [-0.4, -0.2) is 22.0 Å². The molecule has 14 heavy (non-hydrogen) atoms. The molecule has 0 aliphatic heterocycles. The second kappa shape index (κ2) is 3.78. The van der Waals surface area contributed by atoms with E-state index in [2.05, 4.69) is 0 Å². The highest BCUT2D eigenvalue weighted by Crippen LogP contribution is 2.08. The molecule has 5 heteroatoms. The molecule has 0 bridgehead atoms. The Morgan fingerprint density at radius 2 is 2.00 bits per heavy atom. The minimum Gasteiger partial charge on any atom is -0.502 e. The van der Waals surface area contributed by atoms with Crippen molar-refractivity contribution in [2.24, 2.45) is 0 Å². The maximum absolute atomic E-state index is 11.2. The summed E-state index contributed by atoms with van der Waals surface area (Å²) in [5.74, 6) is -2.71. The molecule has 0 aliphatic carbocycles. The molecule has 1 aromatic rings. The lowest BCUT2D eigenvalue weighted by atomic mass is 10.2. The minimum absolute atomic E-state index is 0.00435. The summed E-state index contributed by atoms with van der Waals surface area (Å²) in [4.78, 5) is 21.3. The number of hydrogen-bond acceptors (Lipinski definition) is 4. The van der Waals surface area contributed by atoms with Crippen molar-refractivity contribution < 1.29 is 24.2 Å². The van der Waals surface area contributed by atoms with Crippen LogP contribution in [0.2, 0.25) is 0 Å². The number of aryl methyl sites for hydroxylation is 1. The molecule has 0 amide bonds. The number of allylic oxidation sites excluding steroid dienone is 1. The first-order valence-electron chi connectivity index (χ1n) is 3.75. The van der Waals surface area contributed by atoms with Crippen LogP contribution in [0.3, 0.4) is 0 Å². The third-order valence-electron chi connectivity index (χ3n) is 1.47. The molecular weight excluding hydrogens is 188 g/mol. The summed E-state index contributed by atoms with van der Waals surface area (Å²) in [6.45, 7) is 1.65. The van der Waals surface area contributed by atoms with Crippen molar-refractivity contribution in [2.75, 3.05) is 0 Å². The van der Waals surface area contributed by atoms with Gasteiger partial charge in [0.1, 0.15) is 5.76 Å². The molecule has 0 saturated heterocycles. The minimum atomic E-state index is -1.55. The fraction of sp³-hybridized carbons (Fsp3) is 0.111. The Morgan fingerprint density at radius 1 is 1.36 bits per heavy atom. The molecule has 1 rings (SSSR count). The van der Waals surface area contributed by atoms with Crippen molar-refractivity contribution in [3.05, 3.63) is 35.5 Å². The Hall–Kier alpha value is -2.04. The van der Waals surface area contributed by atoms with Crippen LogP contribution in [0, 0.1) is 6.92 Å². The summed E-state index contributed by atoms with van der Waals surface area (Å²) in [6, 6.07) is 2.97.